The van der Waals surface area contributed by atoms with Gasteiger partial charge in [0.25, 0.3) is 0 Å². The van der Waals surface area contributed by atoms with E-state index in [1.807, 2.05) is 17.9 Å². The van der Waals surface area contributed by atoms with Crippen LogP contribution < -0.4 is 4.90 Å². The summed E-state index contributed by atoms with van der Waals surface area (Å²) in [4.78, 5) is 25.6. The number of rotatable bonds is 4. The van der Waals surface area contributed by atoms with E-state index in [9.17, 15) is 4.79 Å². The molecule has 3 saturated heterocycles. The summed E-state index contributed by atoms with van der Waals surface area (Å²) in [7, 11) is 1.67. The van der Waals surface area contributed by atoms with Crippen LogP contribution in [0, 0.1) is 12.8 Å². The smallest absolute Gasteiger partial charge is 0.227 e. The highest BCUT2D eigenvalue weighted by Gasteiger charge is 2.40. The fourth-order valence-electron chi connectivity index (χ4n) is 3.28. The Morgan fingerprint density at radius 2 is 2.24 bits per heavy atom. The van der Waals surface area contributed by atoms with Gasteiger partial charge in [-0.2, -0.15) is 0 Å². The molecule has 2 atom stereocenters. The molecule has 114 valence electrons. The number of hydrogen-bond donors (Lipinski definition) is 0. The zero-order valence-corrected chi connectivity index (χ0v) is 12.7. The Balaban J connectivity index is 1.81. The second-order valence-corrected chi connectivity index (χ2v) is 5.86. The minimum absolute atomic E-state index is 0.0599. The molecule has 2 bridgehead atoms. The average molecular weight is 290 g/mol. The predicted molar refractivity (Wildman–Crippen MR) is 79.1 cm³/mol. The Morgan fingerprint density at radius 3 is 3.00 bits per heavy atom. The van der Waals surface area contributed by atoms with Gasteiger partial charge < -0.3 is 14.5 Å². The number of aromatic nitrogens is 2. The van der Waals surface area contributed by atoms with Crippen LogP contribution in [0.1, 0.15) is 18.5 Å². The molecule has 0 N–H and O–H groups in total. The third-order valence-corrected chi connectivity index (χ3v) is 4.39. The SMILES string of the molecule is COCCN1C(=O)[C@@H]2CC[C@H]1CN(c1nccc(C)n1)C2. The number of piperidine rings is 1. The number of carbonyl (C=O) groups is 1. The normalized spacial score (nSPS) is 25.3. The van der Waals surface area contributed by atoms with Crippen molar-refractivity contribution >= 4 is 11.9 Å². The van der Waals surface area contributed by atoms with E-state index >= 15 is 0 Å². The summed E-state index contributed by atoms with van der Waals surface area (Å²) in [5.74, 6) is 1.07. The first-order chi connectivity index (χ1) is 10.2. The first-order valence-corrected chi connectivity index (χ1v) is 7.53. The molecule has 0 saturated carbocycles. The number of carbonyl (C=O) groups excluding carboxylic acids is 1. The van der Waals surface area contributed by atoms with Gasteiger partial charge in [-0.05, 0) is 25.8 Å². The number of aryl methyl sites for hydroxylation is 1. The van der Waals surface area contributed by atoms with Gasteiger partial charge in [-0.15, -0.1) is 0 Å². The van der Waals surface area contributed by atoms with Crippen molar-refractivity contribution in [1.82, 2.24) is 14.9 Å². The van der Waals surface area contributed by atoms with Crippen LogP contribution in [0.25, 0.3) is 0 Å². The molecule has 6 heteroatoms. The summed E-state index contributed by atoms with van der Waals surface area (Å²) >= 11 is 0. The molecular weight excluding hydrogens is 268 g/mol. The van der Waals surface area contributed by atoms with Crippen molar-refractivity contribution in [2.45, 2.75) is 25.8 Å². The van der Waals surface area contributed by atoms with Crippen molar-refractivity contribution < 1.29 is 9.53 Å². The fraction of sp³-hybridized carbons (Fsp3) is 0.667. The monoisotopic (exact) mass is 290 g/mol. The number of methoxy groups -OCH3 is 1. The van der Waals surface area contributed by atoms with Crippen LogP contribution in [0.15, 0.2) is 12.3 Å². The summed E-state index contributed by atoms with van der Waals surface area (Å²) in [6.45, 7) is 4.78. The maximum absolute atomic E-state index is 12.6. The van der Waals surface area contributed by atoms with E-state index in [0.717, 1.165) is 37.6 Å². The van der Waals surface area contributed by atoms with Crippen LogP contribution in [-0.2, 0) is 9.53 Å². The van der Waals surface area contributed by atoms with Crippen LogP contribution in [0.5, 0.6) is 0 Å². The van der Waals surface area contributed by atoms with Crippen LogP contribution in [0.3, 0.4) is 0 Å². The molecule has 4 heterocycles. The Kier molecular flexibility index (Phi) is 4.05. The van der Waals surface area contributed by atoms with E-state index in [2.05, 4.69) is 14.9 Å². The van der Waals surface area contributed by atoms with Crippen LogP contribution in [0.4, 0.5) is 5.95 Å². The first-order valence-electron chi connectivity index (χ1n) is 7.53. The first kappa shape index (κ1) is 14.3. The number of anilines is 1. The number of fused-ring (bicyclic) bond motifs is 4. The molecule has 4 rings (SSSR count). The third-order valence-electron chi connectivity index (χ3n) is 4.39. The molecule has 0 aromatic carbocycles. The van der Waals surface area contributed by atoms with Gasteiger partial charge in [0.15, 0.2) is 0 Å². The van der Waals surface area contributed by atoms with E-state index in [1.165, 1.54) is 0 Å². The van der Waals surface area contributed by atoms with Crippen molar-refractivity contribution in [3.63, 3.8) is 0 Å². The highest BCUT2D eigenvalue weighted by atomic mass is 16.5. The maximum atomic E-state index is 12.6. The lowest BCUT2D eigenvalue weighted by Gasteiger charge is -2.35. The molecule has 1 aromatic heterocycles. The van der Waals surface area contributed by atoms with Crippen molar-refractivity contribution in [3.8, 4) is 0 Å². The summed E-state index contributed by atoms with van der Waals surface area (Å²) < 4.78 is 5.14. The fourth-order valence-corrected chi connectivity index (χ4v) is 3.28. The van der Waals surface area contributed by atoms with Crippen molar-refractivity contribution in [2.75, 3.05) is 38.3 Å². The molecule has 3 fully saturated rings. The van der Waals surface area contributed by atoms with E-state index in [-0.39, 0.29) is 17.9 Å². The molecule has 0 spiro atoms. The van der Waals surface area contributed by atoms with Gasteiger partial charge in [0.05, 0.1) is 12.5 Å². The molecule has 6 nitrogen and oxygen atoms in total. The average Bonchev–Trinajstić information content (AvgIpc) is 2.77. The molecule has 1 aromatic rings. The van der Waals surface area contributed by atoms with Crippen LogP contribution in [-0.4, -0.2) is 60.2 Å². The number of hydrogen-bond acceptors (Lipinski definition) is 5. The van der Waals surface area contributed by atoms with Gasteiger partial charge in [0.2, 0.25) is 11.9 Å². The molecule has 0 aliphatic carbocycles. The lowest BCUT2D eigenvalue weighted by atomic mass is 9.94. The van der Waals surface area contributed by atoms with Gasteiger partial charge in [0.1, 0.15) is 0 Å². The summed E-state index contributed by atoms with van der Waals surface area (Å²) in [5, 5.41) is 0. The van der Waals surface area contributed by atoms with Gasteiger partial charge >= 0.3 is 0 Å². The van der Waals surface area contributed by atoms with Gasteiger partial charge in [0, 0.05) is 44.7 Å². The summed E-state index contributed by atoms with van der Waals surface area (Å²) in [5.41, 5.74) is 0.958. The topological polar surface area (TPSA) is 58.6 Å². The number of ether oxygens (including phenoxy) is 1. The summed E-state index contributed by atoms with van der Waals surface area (Å²) in [6.07, 6.45) is 3.81. The standard InChI is InChI=1S/C15H22N4O2/c1-11-5-6-16-15(17-11)18-9-12-3-4-13(10-18)19(14(12)20)7-8-21-2/h5-6,12-13H,3-4,7-10H2,1-2H3/t12-,13+/m1/s1. The van der Waals surface area contributed by atoms with Crippen molar-refractivity contribution in [3.05, 3.63) is 18.0 Å². The zero-order chi connectivity index (χ0) is 14.8. The van der Waals surface area contributed by atoms with Crippen molar-refractivity contribution in [1.29, 1.82) is 0 Å². The minimum atomic E-state index is 0.0599. The maximum Gasteiger partial charge on any atom is 0.227 e. The predicted octanol–water partition coefficient (Wildman–Crippen LogP) is 0.859. The van der Waals surface area contributed by atoms with Crippen molar-refractivity contribution in [2.24, 2.45) is 5.92 Å². The van der Waals surface area contributed by atoms with Gasteiger partial charge in [-0.25, -0.2) is 9.97 Å². The number of amides is 1. The third kappa shape index (κ3) is 2.85. The van der Waals surface area contributed by atoms with E-state index in [4.69, 9.17) is 4.74 Å². The van der Waals surface area contributed by atoms with Crippen LogP contribution >= 0.6 is 0 Å². The molecule has 3 aliphatic rings. The van der Waals surface area contributed by atoms with Gasteiger partial charge in [-0.1, -0.05) is 0 Å². The van der Waals surface area contributed by atoms with Gasteiger partial charge in [-0.3, -0.25) is 4.79 Å². The Bertz CT molecular complexity index is 522. The molecular formula is C15H22N4O2. The quantitative estimate of drug-likeness (QED) is 0.823. The lowest BCUT2D eigenvalue weighted by molar-refractivity contribution is -0.140. The number of nitrogens with zero attached hydrogens (tertiary/aromatic N) is 4. The minimum Gasteiger partial charge on any atom is -0.383 e. The van der Waals surface area contributed by atoms with Crippen LogP contribution in [0.2, 0.25) is 0 Å². The largest absolute Gasteiger partial charge is 0.383 e. The zero-order valence-electron chi connectivity index (χ0n) is 12.7. The van der Waals surface area contributed by atoms with E-state index in [0.29, 0.717) is 13.2 Å². The van der Waals surface area contributed by atoms with E-state index < -0.39 is 0 Å². The summed E-state index contributed by atoms with van der Waals surface area (Å²) in [6, 6.07) is 2.14. The molecule has 0 radical (unpaired) electrons. The molecule has 0 unspecified atom stereocenters. The molecule has 3 aliphatic heterocycles. The second-order valence-electron chi connectivity index (χ2n) is 5.86. The Morgan fingerprint density at radius 1 is 1.38 bits per heavy atom. The van der Waals surface area contributed by atoms with E-state index in [1.54, 1.807) is 13.3 Å². The highest BCUT2D eigenvalue weighted by Crippen LogP contribution is 2.30. The second kappa shape index (κ2) is 5.97. The highest BCUT2D eigenvalue weighted by molar-refractivity contribution is 5.81. The lowest BCUT2D eigenvalue weighted by Crippen LogP contribution is -2.49. The Hall–Kier alpha value is -1.69. The molecule has 1 amide bonds. The Labute approximate surface area is 125 Å². The molecule has 21 heavy (non-hydrogen) atoms.